The summed E-state index contributed by atoms with van der Waals surface area (Å²) in [6.45, 7) is -0.685. The number of aliphatic hydroxyl groups excluding tert-OH is 4. The van der Waals surface area contributed by atoms with Gasteiger partial charge in [0.25, 0.3) is 0 Å². The molecule has 0 fully saturated rings. The molecule has 134 valence electrons. The molecule has 0 spiro atoms. The van der Waals surface area contributed by atoms with Gasteiger partial charge in [-0.25, -0.2) is 0 Å². The summed E-state index contributed by atoms with van der Waals surface area (Å²) < 4.78 is 0. The number of carboxylic acid groups (broad SMARTS) is 1. The molecule has 0 aliphatic rings. The number of nitrogens with two attached hydrogens (primary N) is 2. The van der Waals surface area contributed by atoms with E-state index < -0.39 is 54.7 Å². The fourth-order valence-electron chi connectivity index (χ4n) is 2.25. The standard InChI is InChI=1S/C15H22N2O7/c16-8(6-18)11(19)13(21)14(22)12(20)9(10(17)15(23)24)7-4-2-1-3-5-7/h1-5,8-11,13-14,18-19,21-22H,6,16-17H2,(H,23,24)/t8-,9?,10-,11+,13+,14+/m0/s1. The van der Waals surface area contributed by atoms with Gasteiger partial charge in [0.15, 0.2) is 5.78 Å². The minimum atomic E-state index is -2.13. The van der Waals surface area contributed by atoms with Crippen LogP contribution in [0.4, 0.5) is 0 Å². The van der Waals surface area contributed by atoms with Gasteiger partial charge in [-0.1, -0.05) is 30.3 Å². The van der Waals surface area contributed by atoms with Crippen molar-refractivity contribution in [1.82, 2.24) is 0 Å². The van der Waals surface area contributed by atoms with Gasteiger partial charge in [-0.05, 0) is 5.56 Å². The lowest BCUT2D eigenvalue weighted by Crippen LogP contribution is -2.54. The predicted molar refractivity (Wildman–Crippen MR) is 82.9 cm³/mol. The Morgan fingerprint density at radius 1 is 1.00 bits per heavy atom. The molecule has 0 saturated heterocycles. The first-order chi connectivity index (χ1) is 11.2. The number of aliphatic hydroxyl groups is 4. The van der Waals surface area contributed by atoms with Gasteiger partial charge >= 0.3 is 5.97 Å². The second-order valence-corrected chi connectivity index (χ2v) is 5.43. The van der Waals surface area contributed by atoms with Crippen molar-refractivity contribution in [2.75, 3.05) is 6.61 Å². The van der Waals surface area contributed by atoms with Crippen LogP contribution in [0, 0.1) is 0 Å². The van der Waals surface area contributed by atoms with Crippen LogP contribution in [0.5, 0.6) is 0 Å². The Kier molecular flexibility index (Phi) is 7.42. The van der Waals surface area contributed by atoms with Gasteiger partial charge in [-0.15, -0.1) is 0 Å². The number of benzene rings is 1. The minimum Gasteiger partial charge on any atom is -0.480 e. The van der Waals surface area contributed by atoms with Crippen molar-refractivity contribution in [3.63, 3.8) is 0 Å². The summed E-state index contributed by atoms with van der Waals surface area (Å²) in [6, 6.07) is 4.73. The van der Waals surface area contributed by atoms with E-state index in [1.165, 1.54) is 12.1 Å². The zero-order chi connectivity index (χ0) is 18.4. The number of Topliss-reactive ketones (excluding diaryl/α,β-unsaturated/α-hetero) is 1. The van der Waals surface area contributed by atoms with Crippen LogP contribution in [0.1, 0.15) is 11.5 Å². The quantitative estimate of drug-likeness (QED) is 0.248. The molecule has 0 aliphatic heterocycles. The van der Waals surface area contributed by atoms with Crippen LogP contribution >= 0.6 is 0 Å². The summed E-state index contributed by atoms with van der Waals surface area (Å²) in [5.74, 6) is -3.98. The van der Waals surface area contributed by atoms with E-state index in [2.05, 4.69) is 0 Å². The van der Waals surface area contributed by atoms with Crippen molar-refractivity contribution >= 4 is 11.8 Å². The van der Waals surface area contributed by atoms with Crippen LogP contribution in [0.3, 0.4) is 0 Å². The zero-order valence-electron chi connectivity index (χ0n) is 12.8. The largest absolute Gasteiger partial charge is 0.480 e. The van der Waals surface area contributed by atoms with Gasteiger partial charge in [0.05, 0.1) is 18.6 Å². The van der Waals surface area contributed by atoms with Gasteiger partial charge in [0, 0.05) is 0 Å². The van der Waals surface area contributed by atoms with E-state index in [1.54, 1.807) is 18.2 Å². The molecule has 9 heteroatoms. The monoisotopic (exact) mass is 342 g/mol. The summed E-state index contributed by atoms with van der Waals surface area (Å²) in [7, 11) is 0. The highest BCUT2D eigenvalue weighted by molar-refractivity contribution is 5.95. The summed E-state index contributed by atoms with van der Waals surface area (Å²) in [5, 5.41) is 47.6. The smallest absolute Gasteiger partial charge is 0.321 e. The molecule has 9 nitrogen and oxygen atoms in total. The van der Waals surface area contributed by atoms with Gasteiger partial charge in [0.1, 0.15) is 24.4 Å². The fraction of sp³-hybridized carbons (Fsp3) is 0.467. The highest BCUT2D eigenvalue weighted by atomic mass is 16.4. The van der Waals surface area contributed by atoms with E-state index in [0.29, 0.717) is 0 Å². The van der Waals surface area contributed by atoms with E-state index in [4.69, 9.17) is 21.7 Å². The van der Waals surface area contributed by atoms with Crippen molar-refractivity contribution < 1.29 is 35.1 Å². The normalized spacial score (nSPS) is 18.9. The number of carbonyl (C=O) groups is 2. The Balaban J connectivity index is 3.10. The number of aliphatic carboxylic acids is 1. The van der Waals surface area contributed by atoms with Crippen LogP contribution in [0.2, 0.25) is 0 Å². The molecule has 1 rings (SSSR count). The van der Waals surface area contributed by atoms with Crippen LogP contribution in [0.25, 0.3) is 0 Å². The van der Waals surface area contributed by atoms with Crippen molar-refractivity contribution in [3.8, 4) is 0 Å². The molecule has 6 atom stereocenters. The SMILES string of the molecule is N[C@H](C(=O)O)C(C(=O)[C@@H](O)[C@H](O)[C@H](O)[C@@H](N)CO)c1ccccc1. The molecule has 1 aromatic rings. The number of carboxylic acids is 1. The third-order valence-electron chi connectivity index (χ3n) is 3.72. The maximum Gasteiger partial charge on any atom is 0.321 e. The van der Waals surface area contributed by atoms with Crippen molar-refractivity contribution in [1.29, 1.82) is 0 Å². The number of carbonyl (C=O) groups excluding carboxylic acids is 1. The Morgan fingerprint density at radius 2 is 1.54 bits per heavy atom. The highest BCUT2D eigenvalue weighted by Crippen LogP contribution is 2.23. The molecule has 0 heterocycles. The Labute approximate surface area is 138 Å². The average molecular weight is 342 g/mol. The molecule has 0 radical (unpaired) electrons. The number of hydrogen-bond donors (Lipinski definition) is 7. The first-order valence-corrected chi connectivity index (χ1v) is 7.20. The molecule has 0 bridgehead atoms. The lowest BCUT2D eigenvalue weighted by molar-refractivity contribution is -0.147. The molecule has 0 amide bonds. The molecule has 0 aliphatic carbocycles. The summed E-state index contributed by atoms with van der Waals surface area (Å²) in [4.78, 5) is 23.7. The third kappa shape index (κ3) is 4.57. The lowest BCUT2D eigenvalue weighted by Gasteiger charge is -2.29. The molecular weight excluding hydrogens is 320 g/mol. The summed E-state index contributed by atoms with van der Waals surface area (Å²) in [5.41, 5.74) is 11.1. The van der Waals surface area contributed by atoms with Crippen LogP contribution in [-0.2, 0) is 9.59 Å². The molecule has 1 aromatic carbocycles. The highest BCUT2D eigenvalue weighted by Gasteiger charge is 2.41. The van der Waals surface area contributed by atoms with E-state index >= 15 is 0 Å². The molecule has 0 saturated carbocycles. The van der Waals surface area contributed by atoms with Gasteiger partial charge < -0.3 is 37.0 Å². The number of hydrogen-bond acceptors (Lipinski definition) is 8. The average Bonchev–Trinajstić information content (AvgIpc) is 2.59. The summed E-state index contributed by atoms with van der Waals surface area (Å²) >= 11 is 0. The Morgan fingerprint density at radius 3 is 2.00 bits per heavy atom. The first kappa shape index (κ1) is 20.2. The first-order valence-electron chi connectivity index (χ1n) is 7.20. The van der Waals surface area contributed by atoms with Crippen molar-refractivity contribution in [2.24, 2.45) is 11.5 Å². The Bertz CT molecular complexity index is 554. The zero-order valence-corrected chi connectivity index (χ0v) is 12.8. The molecule has 9 N–H and O–H groups in total. The number of ketones is 1. The molecule has 24 heavy (non-hydrogen) atoms. The van der Waals surface area contributed by atoms with E-state index in [-0.39, 0.29) is 5.56 Å². The van der Waals surface area contributed by atoms with Gasteiger partial charge in [-0.3, -0.25) is 9.59 Å². The predicted octanol–water partition coefficient (Wildman–Crippen LogP) is -2.85. The van der Waals surface area contributed by atoms with Crippen molar-refractivity contribution in [3.05, 3.63) is 35.9 Å². The van der Waals surface area contributed by atoms with E-state index in [1.807, 2.05) is 0 Å². The fourth-order valence-corrected chi connectivity index (χ4v) is 2.25. The maximum atomic E-state index is 12.5. The molecule has 0 aromatic heterocycles. The van der Waals surface area contributed by atoms with Gasteiger partial charge in [-0.2, -0.15) is 0 Å². The second kappa shape index (κ2) is 8.83. The topological polar surface area (TPSA) is 187 Å². The van der Waals surface area contributed by atoms with E-state index in [0.717, 1.165) is 0 Å². The minimum absolute atomic E-state index is 0.240. The van der Waals surface area contributed by atoms with E-state index in [9.17, 15) is 24.9 Å². The van der Waals surface area contributed by atoms with Gasteiger partial charge in [0.2, 0.25) is 0 Å². The van der Waals surface area contributed by atoms with Crippen molar-refractivity contribution in [2.45, 2.75) is 36.3 Å². The molecular formula is C15H22N2O7. The Hall–Kier alpha value is -1.88. The summed E-state index contributed by atoms with van der Waals surface area (Å²) in [6.07, 6.45) is -5.92. The van der Waals surface area contributed by atoms with Crippen LogP contribution in [0.15, 0.2) is 30.3 Å². The lowest BCUT2D eigenvalue weighted by atomic mass is 9.83. The van der Waals surface area contributed by atoms with Crippen LogP contribution in [-0.4, -0.2) is 74.3 Å². The molecule has 1 unspecified atom stereocenters. The maximum absolute atomic E-state index is 12.5. The number of rotatable bonds is 9. The third-order valence-corrected chi connectivity index (χ3v) is 3.72. The second-order valence-electron chi connectivity index (χ2n) is 5.43. The van der Waals surface area contributed by atoms with Crippen LogP contribution < -0.4 is 11.5 Å².